The Kier molecular flexibility index (Phi) is 3.84. The lowest BCUT2D eigenvalue weighted by molar-refractivity contribution is -0.446. The van der Waals surface area contributed by atoms with Crippen LogP contribution in [-0.2, 0) is 9.53 Å². The first-order chi connectivity index (χ1) is 10.4. The number of rotatable bonds is 2. The molecule has 1 aromatic rings. The van der Waals surface area contributed by atoms with Gasteiger partial charge in [0.1, 0.15) is 11.3 Å². The van der Waals surface area contributed by atoms with Crippen LogP contribution in [0.2, 0.25) is 0 Å². The summed E-state index contributed by atoms with van der Waals surface area (Å²) in [5.74, 6) is -7.28. The molecule has 0 fully saturated rings. The maximum absolute atomic E-state index is 13.3. The van der Waals surface area contributed by atoms with Crippen molar-refractivity contribution in [1.29, 1.82) is 0 Å². The maximum Gasteiger partial charge on any atom is 0.526 e. The van der Waals surface area contributed by atoms with Gasteiger partial charge in [-0.2, -0.15) is 13.2 Å². The molecule has 0 aliphatic carbocycles. The molecule has 1 aliphatic heterocycles. The molecule has 2 rings (SSSR count). The fourth-order valence-corrected chi connectivity index (χ4v) is 2.09. The Labute approximate surface area is 124 Å². The number of halogens is 6. The van der Waals surface area contributed by atoms with Crippen molar-refractivity contribution in [2.24, 2.45) is 0 Å². The highest BCUT2D eigenvalue weighted by Gasteiger charge is 2.69. The van der Waals surface area contributed by atoms with E-state index < -0.39 is 35.6 Å². The summed E-state index contributed by atoms with van der Waals surface area (Å²) in [7, 11) is 0. The monoisotopic (exact) mass is 342 g/mol. The zero-order valence-electron chi connectivity index (χ0n) is 11.2. The third-order valence-electron chi connectivity index (χ3n) is 3.01. The first-order valence-corrected chi connectivity index (χ1v) is 5.95. The number of fused-ring (bicyclic) bond motifs is 1. The number of aliphatic carboxylic acids is 1. The molecule has 0 saturated heterocycles. The number of aryl methyl sites for hydroxylation is 1. The van der Waals surface area contributed by atoms with E-state index in [2.05, 4.69) is 9.47 Å². The standard InChI is InChI=1S/C13H8F6O4/c1-6-3-2-4-7-5-8(10(20)21)11(12(14,15)16,22-9(6)7)23-13(17,18)19/h2-5H,1H3,(H,20,21). The van der Waals surface area contributed by atoms with E-state index in [4.69, 9.17) is 5.11 Å². The lowest BCUT2D eigenvalue weighted by Crippen LogP contribution is -2.59. The molecular weight excluding hydrogens is 334 g/mol. The van der Waals surface area contributed by atoms with Crippen LogP contribution in [0, 0.1) is 6.92 Å². The third kappa shape index (κ3) is 2.98. The van der Waals surface area contributed by atoms with Gasteiger partial charge in [-0.05, 0) is 18.6 Å². The van der Waals surface area contributed by atoms with Crippen LogP contribution in [0.15, 0.2) is 23.8 Å². The molecule has 0 aromatic heterocycles. The number of carboxylic acids is 1. The van der Waals surface area contributed by atoms with E-state index in [9.17, 15) is 31.1 Å². The molecule has 1 atom stereocenters. The Hall–Kier alpha value is -2.23. The minimum Gasteiger partial charge on any atom is -0.478 e. The topological polar surface area (TPSA) is 55.8 Å². The summed E-state index contributed by atoms with van der Waals surface area (Å²) in [6.45, 7) is 1.30. The predicted molar refractivity (Wildman–Crippen MR) is 63.3 cm³/mol. The molecule has 10 heteroatoms. The minimum atomic E-state index is -5.80. The van der Waals surface area contributed by atoms with Gasteiger partial charge in [-0.25, -0.2) is 9.53 Å². The van der Waals surface area contributed by atoms with E-state index in [1.807, 2.05) is 0 Å². The van der Waals surface area contributed by atoms with Crippen molar-refractivity contribution in [3.63, 3.8) is 0 Å². The predicted octanol–water partition coefficient (Wildman–Crippen LogP) is 3.65. The van der Waals surface area contributed by atoms with Crippen molar-refractivity contribution in [2.75, 3.05) is 0 Å². The second-order valence-corrected chi connectivity index (χ2v) is 4.62. The van der Waals surface area contributed by atoms with E-state index in [1.54, 1.807) is 0 Å². The molecule has 1 aromatic carbocycles. The highest BCUT2D eigenvalue weighted by molar-refractivity contribution is 5.96. The van der Waals surface area contributed by atoms with Crippen molar-refractivity contribution >= 4 is 12.0 Å². The summed E-state index contributed by atoms with van der Waals surface area (Å²) in [5, 5.41) is 8.93. The van der Waals surface area contributed by atoms with Crippen molar-refractivity contribution < 1.29 is 45.7 Å². The molecule has 0 spiro atoms. The quantitative estimate of drug-likeness (QED) is 0.834. The number of para-hydroxylation sites is 1. The van der Waals surface area contributed by atoms with Crippen LogP contribution >= 0.6 is 0 Å². The second-order valence-electron chi connectivity index (χ2n) is 4.62. The Bertz CT molecular complexity index is 676. The lowest BCUT2D eigenvalue weighted by Gasteiger charge is -2.39. The van der Waals surface area contributed by atoms with Gasteiger partial charge in [-0.3, -0.25) is 0 Å². The Morgan fingerprint density at radius 1 is 1.22 bits per heavy atom. The third-order valence-corrected chi connectivity index (χ3v) is 3.01. The van der Waals surface area contributed by atoms with Gasteiger partial charge in [0.05, 0.1) is 0 Å². The average Bonchev–Trinajstić information content (AvgIpc) is 2.35. The lowest BCUT2D eigenvalue weighted by atomic mass is 9.96. The van der Waals surface area contributed by atoms with Crippen molar-refractivity contribution in [3.8, 4) is 5.75 Å². The molecule has 126 valence electrons. The highest BCUT2D eigenvalue weighted by Crippen LogP contribution is 2.49. The molecule has 1 aliphatic rings. The molecule has 0 saturated carbocycles. The normalized spacial score (nSPS) is 21.3. The number of alkyl halides is 6. The van der Waals surface area contributed by atoms with Crippen molar-refractivity contribution in [1.82, 2.24) is 0 Å². The highest BCUT2D eigenvalue weighted by atomic mass is 19.4. The summed E-state index contributed by atoms with van der Waals surface area (Å²) < 4.78 is 85.0. The van der Waals surface area contributed by atoms with Crippen LogP contribution in [0.25, 0.3) is 6.08 Å². The van der Waals surface area contributed by atoms with Crippen molar-refractivity contribution in [2.45, 2.75) is 25.2 Å². The Morgan fingerprint density at radius 2 is 1.83 bits per heavy atom. The number of carboxylic acid groups (broad SMARTS) is 1. The smallest absolute Gasteiger partial charge is 0.478 e. The number of ether oxygens (including phenoxy) is 2. The van der Waals surface area contributed by atoms with Gasteiger partial charge in [0.15, 0.2) is 0 Å². The SMILES string of the molecule is Cc1cccc2c1OC(OC(F)(F)F)(C(F)(F)F)C(C(=O)O)=C2. The fraction of sp³-hybridized carbons (Fsp3) is 0.308. The van der Waals surface area contributed by atoms with E-state index in [0.29, 0.717) is 6.08 Å². The molecule has 1 unspecified atom stereocenters. The molecule has 0 radical (unpaired) electrons. The second kappa shape index (κ2) is 5.15. The largest absolute Gasteiger partial charge is 0.526 e. The number of hydrogen-bond acceptors (Lipinski definition) is 3. The zero-order chi connectivity index (χ0) is 17.6. The van der Waals surface area contributed by atoms with Gasteiger partial charge in [0, 0.05) is 5.56 Å². The van der Waals surface area contributed by atoms with Crippen LogP contribution in [0.4, 0.5) is 26.3 Å². The van der Waals surface area contributed by atoms with E-state index in [0.717, 1.165) is 0 Å². The van der Waals surface area contributed by atoms with E-state index in [1.165, 1.54) is 25.1 Å². The van der Waals surface area contributed by atoms with E-state index >= 15 is 0 Å². The van der Waals surface area contributed by atoms with Crippen LogP contribution in [0.3, 0.4) is 0 Å². The van der Waals surface area contributed by atoms with Crippen LogP contribution in [-0.4, -0.2) is 29.4 Å². The molecule has 0 bridgehead atoms. The maximum atomic E-state index is 13.3. The Balaban J connectivity index is 2.75. The summed E-state index contributed by atoms with van der Waals surface area (Å²) in [6.07, 6.45) is -11.1. The fourth-order valence-electron chi connectivity index (χ4n) is 2.09. The summed E-state index contributed by atoms with van der Waals surface area (Å²) >= 11 is 0. The average molecular weight is 342 g/mol. The first kappa shape index (κ1) is 17.1. The molecule has 0 amide bonds. The zero-order valence-corrected chi connectivity index (χ0v) is 11.2. The van der Waals surface area contributed by atoms with Gasteiger partial charge in [-0.1, -0.05) is 18.2 Å². The van der Waals surface area contributed by atoms with Crippen molar-refractivity contribution in [3.05, 3.63) is 34.9 Å². The van der Waals surface area contributed by atoms with Gasteiger partial charge in [-0.15, -0.1) is 13.2 Å². The van der Waals surface area contributed by atoms with Gasteiger partial charge >= 0.3 is 24.3 Å². The summed E-state index contributed by atoms with van der Waals surface area (Å²) in [5.41, 5.74) is -1.74. The van der Waals surface area contributed by atoms with Gasteiger partial charge in [0.2, 0.25) is 0 Å². The first-order valence-electron chi connectivity index (χ1n) is 5.95. The molecule has 23 heavy (non-hydrogen) atoms. The van der Waals surface area contributed by atoms with E-state index in [-0.39, 0.29) is 11.1 Å². The number of hydrogen-bond donors (Lipinski definition) is 1. The van der Waals surface area contributed by atoms with Crippen LogP contribution in [0.1, 0.15) is 11.1 Å². The summed E-state index contributed by atoms with van der Waals surface area (Å²) in [4.78, 5) is 11.1. The molecule has 4 nitrogen and oxygen atoms in total. The minimum absolute atomic E-state index is 0.0857. The Morgan fingerprint density at radius 3 is 2.30 bits per heavy atom. The van der Waals surface area contributed by atoms with Gasteiger partial charge in [0.25, 0.3) is 0 Å². The van der Waals surface area contributed by atoms with Crippen LogP contribution in [0.5, 0.6) is 5.75 Å². The van der Waals surface area contributed by atoms with Crippen LogP contribution < -0.4 is 4.74 Å². The molecular formula is C13H8F6O4. The number of benzene rings is 1. The number of carbonyl (C=O) groups is 1. The summed E-state index contributed by atoms with van der Waals surface area (Å²) in [6, 6.07) is 3.89. The molecule has 1 heterocycles. The molecule has 1 N–H and O–H groups in total. The van der Waals surface area contributed by atoms with Gasteiger partial charge < -0.3 is 9.84 Å².